The summed E-state index contributed by atoms with van der Waals surface area (Å²) in [5.74, 6) is -1.10. The number of aliphatic carboxylic acids is 1. The molecule has 0 aromatic rings. The van der Waals surface area contributed by atoms with E-state index < -0.39 is 17.4 Å². The van der Waals surface area contributed by atoms with Gasteiger partial charge in [0.25, 0.3) is 0 Å². The van der Waals surface area contributed by atoms with E-state index in [0.717, 1.165) is 0 Å². The van der Waals surface area contributed by atoms with E-state index in [2.05, 4.69) is 10.6 Å². The monoisotopic (exact) mass is 285 g/mol. The van der Waals surface area contributed by atoms with Gasteiger partial charge < -0.3 is 20.6 Å². The van der Waals surface area contributed by atoms with E-state index in [-0.39, 0.29) is 18.5 Å². The average molecular weight is 285 g/mol. The van der Waals surface area contributed by atoms with Gasteiger partial charge >= 0.3 is 12.0 Å². The van der Waals surface area contributed by atoms with E-state index in [1.165, 1.54) is 4.90 Å². The Morgan fingerprint density at radius 3 is 2.55 bits per heavy atom. The maximum atomic E-state index is 12.1. The molecular formula is C13H23N3O4. The molecule has 0 bridgehead atoms. The minimum Gasteiger partial charge on any atom is -0.481 e. The molecule has 0 radical (unpaired) electrons. The topological polar surface area (TPSA) is 98.7 Å². The van der Waals surface area contributed by atoms with Gasteiger partial charge in [-0.3, -0.25) is 9.59 Å². The zero-order valence-corrected chi connectivity index (χ0v) is 12.2. The SMILES string of the molecule is CCC(CC)(CNC(=O)N1CCNC(=O)C1C)C(=O)O. The highest BCUT2D eigenvalue weighted by molar-refractivity contribution is 5.88. The smallest absolute Gasteiger partial charge is 0.318 e. The Bertz CT molecular complexity index is 393. The first-order chi connectivity index (χ1) is 9.38. The number of carboxylic acids is 1. The quantitative estimate of drug-likeness (QED) is 0.681. The molecule has 0 aromatic heterocycles. The third-order valence-corrected chi connectivity index (χ3v) is 4.14. The molecule has 3 N–H and O–H groups in total. The lowest BCUT2D eigenvalue weighted by Crippen LogP contribution is -2.59. The Labute approximate surface area is 118 Å². The third kappa shape index (κ3) is 3.20. The van der Waals surface area contributed by atoms with Crippen LogP contribution in [0.15, 0.2) is 0 Å². The van der Waals surface area contributed by atoms with Gasteiger partial charge in [-0.05, 0) is 19.8 Å². The molecule has 1 heterocycles. The van der Waals surface area contributed by atoms with Gasteiger partial charge in [-0.1, -0.05) is 13.8 Å². The molecule has 1 aliphatic heterocycles. The minimum atomic E-state index is -0.947. The van der Waals surface area contributed by atoms with Crippen LogP contribution in [0.2, 0.25) is 0 Å². The number of nitrogens with zero attached hydrogens (tertiary/aromatic N) is 1. The first kappa shape index (κ1) is 16.3. The summed E-state index contributed by atoms with van der Waals surface area (Å²) in [5, 5.41) is 14.6. The van der Waals surface area contributed by atoms with Crippen molar-refractivity contribution in [1.29, 1.82) is 0 Å². The molecule has 7 nitrogen and oxygen atoms in total. The highest BCUT2D eigenvalue weighted by Gasteiger charge is 2.36. The summed E-state index contributed by atoms with van der Waals surface area (Å²) < 4.78 is 0. The van der Waals surface area contributed by atoms with Crippen LogP contribution in [0, 0.1) is 5.41 Å². The first-order valence-electron chi connectivity index (χ1n) is 6.93. The molecule has 7 heteroatoms. The Morgan fingerprint density at radius 2 is 2.05 bits per heavy atom. The zero-order chi connectivity index (χ0) is 15.3. The van der Waals surface area contributed by atoms with Gasteiger partial charge in [0.15, 0.2) is 0 Å². The van der Waals surface area contributed by atoms with Crippen LogP contribution in [0.5, 0.6) is 0 Å². The van der Waals surface area contributed by atoms with E-state index in [1.807, 2.05) is 0 Å². The molecule has 114 valence electrons. The summed E-state index contributed by atoms with van der Waals surface area (Å²) in [6.45, 7) is 6.15. The second-order valence-corrected chi connectivity index (χ2v) is 5.11. The van der Waals surface area contributed by atoms with Crippen LogP contribution < -0.4 is 10.6 Å². The number of nitrogens with one attached hydrogen (secondary N) is 2. The fourth-order valence-electron chi connectivity index (χ4n) is 2.28. The zero-order valence-electron chi connectivity index (χ0n) is 12.2. The fourth-order valence-corrected chi connectivity index (χ4v) is 2.28. The molecule has 1 fully saturated rings. The van der Waals surface area contributed by atoms with Crippen molar-refractivity contribution in [3.63, 3.8) is 0 Å². The first-order valence-corrected chi connectivity index (χ1v) is 6.93. The molecule has 1 aliphatic rings. The molecule has 0 aliphatic carbocycles. The van der Waals surface area contributed by atoms with E-state index in [1.54, 1.807) is 20.8 Å². The van der Waals surface area contributed by atoms with Gasteiger partial charge in [-0.2, -0.15) is 0 Å². The highest BCUT2D eigenvalue weighted by Crippen LogP contribution is 2.25. The molecular weight excluding hydrogens is 262 g/mol. The predicted molar refractivity (Wildman–Crippen MR) is 73.2 cm³/mol. The van der Waals surface area contributed by atoms with Crippen molar-refractivity contribution < 1.29 is 19.5 Å². The number of carboxylic acid groups (broad SMARTS) is 1. The van der Waals surface area contributed by atoms with Gasteiger partial charge in [-0.25, -0.2) is 4.79 Å². The van der Waals surface area contributed by atoms with E-state index in [9.17, 15) is 19.5 Å². The number of hydrogen-bond acceptors (Lipinski definition) is 3. The van der Waals surface area contributed by atoms with Crippen LogP contribution in [0.4, 0.5) is 4.79 Å². The Hall–Kier alpha value is -1.79. The third-order valence-electron chi connectivity index (χ3n) is 4.14. The Kier molecular flexibility index (Phi) is 5.35. The van der Waals surface area contributed by atoms with Crippen molar-refractivity contribution in [2.45, 2.75) is 39.7 Å². The molecule has 3 amide bonds. The second kappa shape index (κ2) is 6.58. The minimum absolute atomic E-state index is 0.0685. The Morgan fingerprint density at radius 1 is 1.45 bits per heavy atom. The lowest BCUT2D eigenvalue weighted by Gasteiger charge is -2.34. The number of carbonyl (C=O) groups excluding carboxylic acids is 2. The number of rotatable bonds is 5. The summed E-state index contributed by atoms with van der Waals surface area (Å²) in [6.07, 6.45) is 0.879. The number of piperazine rings is 1. The maximum absolute atomic E-state index is 12.1. The van der Waals surface area contributed by atoms with Crippen molar-refractivity contribution in [2.75, 3.05) is 19.6 Å². The predicted octanol–water partition coefficient (Wildman–Crippen LogP) is 0.407. The molecule has 0 spiro atoms. The van der Waals surface area contributed by atoms with Crippen molar-refractivity contribution in [1.82, 2.24) is 15.5 Å². The van der Waals surface area contributed by atoms with Crippen LogP contribution in [0.3, 0.4) is 0 Å². The van der Waals surface area contributed by atoms with Gasteiger partial charge in [0.2, 0.25) is 5.91 Å². The highest BCUT2D eigenvalue weighted by atomic mass is 16.4. The molecule has 1 unspecified atom stereocenters. The summed E-state index contributed by atoms with van der Waals surface area (Å²) >= 11 is 0. The summed E-state index contributed by atoms with van der Waals surface area (Å²) in [6, 6.07) is -0.925. The summed E-state index contributed by atoms with van der Waals surface area (Å²) in [7, 11) is 0. The fraction of sp³-hybridized carbons (Fsp3) is 0.769. The van der Waals surface area contributed by atoms with Gasteiger partial charge in [0.05, 0.1) is 5.41 Å². The average Bonchev–Trinajstić information content (AvgIpc) is 2.43. The largest absolute Gasteiger partial charge is 0.481 e. The van der Waals surface area contributed by atoms with Crippen molar-refractivity contribution in [3.05, 3.63) is 0 Å². The van der Waals surface area contributed by atoms with E-state index >= 15 is 0 Å². The molecule has 20 heavy (non-hydrogen) atoms. The molecule has 0 saturated carbocycles. The maximum Gasteiger partial charge on any atom is 0.318 e. The van der Waals surface area contributed by atoms with Gasteiger partial charge in [0, 0.05) is 19.6 Å². The number of carbonyl (C=O) groups is 3. The lowest BCUT2D eigenvalue weighted by atomic mass is 9.82. The second-order valence-electron chi connectivity index (χ2n) is 5.11. The molecule has 1 atom stereocenters. The van der Waals surface area contributed by atoms with Crippen molar-refractivity contribution in [2.24, 2.45) is 5.41 Å². The van der Waals surface area contributed by atoms with Gasteiger partial charge in [0.1, 0.15) is 6.04 Å². The molecule has 1 saturated heterocycles. The normalized spacial score (nSPS) is 19.4. The number of urea groups is 1. The number of amides is 3. The van der Waals surface area contributed by atoms with Gasteiger partial charge in [-0.15, -0.1) is 0 Å². The van der Waals surface area contributed by atoms with Crippen molar-refractivity contribution >= 4 is 17.9 Å². The summed E-state index contributed by atoms with van der Waals surface area (Å²) in [4.78, 5) is 36.4. The molecule has 1 rings (SSSR count). The Balaban J connectivity index is 2.66. The van der Waals surface area contributed by atoms with Crippen LogP contribution in [-0.2, 0) is 9.59 Å². The molecule has 0 aromatic carbocycles. The lowest BCUT2D eigenvalue weighted by molar-refractivity contribution is -0.149. The van der Waals surface area contributed by atoms with Crippen LogP contribution in [0.1, 0.15) is 33.6 Å². The van der Waals surface area contributed by atoms with Crippen LogP contribution >= 0.6 is 0 Å². The standard InChI is InChI=1S/C13H23N3O4/c1-4-13(5-2,11(18)19)8-15-12(20)16-7-6-14-10(17)9(16)3/h9H,4-8H2,1-3H3,(H,14,17)(H,15,20)(H,18,19). The van der Waals surface area contributed by atoms with Crippen LogP contribution in [0.25, 0.3) is 0 Å². The summed E-state index contributed by atoms with van der Waals surface area (Å²) in [5.41, 5.74) is -0.947. The van der Waals surface area contributed by atoms with Crippen molar-refractivity contribution in [3.8, 4) is 0 Å². The van der Waals surface area contributed by atoms with E-state index in [0.29, 0.717) is 25.9 Å². The number of hydrogen-bond donors (Lipinski definition) is 3. The van der Waals surface area contributed by atoms with E-state index in [4.69, 9.17) is 0 Å². The van der Waals surface area contributed by atoms with Crippen LogP contribution in [-0.4, -0.2) is 53.6 Å².